The molecular formula is C25H24FN3O3S. The van der Waals surface area contributed by atoms with Crippen molar-refractivity contribution in [3.8, 4) is 0 Å². The van der Waals surface area contributed by atoms with Crippen LogP contribution in [0.3, 0.4) is 0 Å². The van der Waals surface area contributed by atoms with E-state index < -0.39 is 12.0 Å². The van der Waals surface area contributed by atoms with Crippen LogP contribution < -0.4 is 5.32 Å². The van der Waals surface area contributed by atoms with Gasteiger partial charge in [0.15, 0.2) is 5.17 Å². The number of fused-ring (bicyclic) bond motifs is 1. The van der Waals surface area contributed by atoms with Crippen LogP contribution in [0.4, 0.5) is 4.39 Å². The summed E-state index contributed by atoms with van der Waals surface area (Å²) in [7, 11) is 0. The highest BCUT2D eigenvalue weighted by Gasteiger charge is 2.40. The Morgan fingerprint density at radius 3 is 2.58 bits per heavy atom. The highest BCUT2D eigenvalue weighted by Crippen LogP contribution is 2.44. The number of benzene rings is 2. The maximum Gasteiger partial charge on any atom is 0.338 e. The third kappa shape index (κ3) is 5.01. The minimum absolute atomic E-state index is 0.117. The van der Waals surface area contributed by atoms with Crippen LogP contribution in [-0.2, 0) is 20.9 Å². The summed E-state index contributed by atoms with van der Waals surface area (Å²) >= 11 is 1.43. The standard InChI is InChI=1S/C25H24FN3O3S/c1-3-32-24(31)22-16(2)28-25-29(23(22)18-7-5-4-6-8-18)20(15-33-25)13-21(30)27-14-17-9-11-19(26)12-10-17/h4-12,15,23H,3,13-14H2,1-2H3,(H,27,30)/t23-/m1/s1. The third-order valence-corrected chi connectivity index (χ3v) is 6.24. The number of nitrogens with one attached hydrogen (secondary N) is 1. The first kappa shape index (κ1) is 22.8. The second-order valence-electron chi connectivity index (χ2n) is 7.60. The van der Waals surface area contributed by atoms with E-state index in [0.29, 0.717) is 17.8 Å². The summed E-state index contributed by atoms with van der Waals surface area (Å²) in [5, 5.41) is 5.49. The number of hydrogen-bond acceptors (Lipinski definition) is 6. The van der Waals surface area contributed by atoms with Gasteiger partial charge in [0.05, 0.1) is 30.3 Å². The lowest BCUT2D eigenvalue weighted by Gasteiger charge is -2.36. The largest absolute Gasteiger partial charge is 0.463 e. The average molecular weight is 466 g/mol. The molecule has 1 atom stereocenters. The normalized spacial score (nSPS) is 17.3. The molecule has 0 saturated carbocycles. The first-order valence-electron chi connectivity index (χ1n) is 10.7. The van der Waals surface area contributed by atoms with E-state index in [9.17, 15) is 14.0 Å². The fourth-order valence-corrected chi connectivity index (χ4v) is 4.78. The zero-order valence-corrected chi connectivity index (χ0v) is 19.2. The van der Waals surface area contributed by atoms with E-state index in [2.05, 4.69) is 10.3 Å². The summed E-state index contributed by atoms with van der Waals surface area (Å²) < 4.78 is 18.4. The zero-order chi connectivity index (χ0) is 23.4. The predicted octanol–water partition coefficient (Wildman–Crippen LogP) is 4.67. The number of thioether (sulfide) groups is 1. The number of hydrogen-bond donors (Lipinski definition) is 1. The molecular weight excluding hydrogens is 441 g/mol. The molecule has 2 heterocycles. The van der Waals surface area contributed by atoms with E-state index in [0.717, 1.165) is 22.0 Å². The quantitative estimate of drug-likeness (QED) is 0.602. The Hall–Kier alpha value is -3.39. The molecule has 0 unspecified atom stereocenters. The number of nitrogens with zero attached hydrogens (tertiary/aromatic N) is 2. The predicted molar refractivity (Wildman–Crippen MR) is 126 cm³/mol. The fraction of sp³-hybridized carbons (Fsp3) is 0.240. The van der Waals surface area contributed by atoms with E-state index in [4.69, 9.17) is 4.74 Å². The van der Waals surface area contributed by atoms with Gasteiger partial charge >= 0.3 is 5.97 Å². The van der Waals surface area contributed by atoms with E-state index >= 15 is 0 Å². The van der Waals surface area contributed by atoms with Crippen molar-refractivity contribution in [2.24, 2.45) is 4.99 Å². The first-order chi connectivity index (χ1) is 16.0. The van der Waals surface area contributed by atoms with Crippen molar-refractivity contribution in [2.45, 2.75) is 32.9 Å². The number of ether oxygens (including phenoxy) is 1. The lowest BCUT2D eigenvalue weighted by Crippen LogP contribution is -2.38. The van der Waals surface area contributed by atoms with Gasteiger partial charge in [0.2, 0.25) is 5.91 Å². The van der Waals surface area contributed by atoms with Gasteiger partial charge in [-0.2, -0.15) is 0 Å². The number of amides is 1. The monoisotopic (exact) mass is 465 g/mol. The summed E-state index contributed by atoms with van der Waals surface area (Å²) in [6, 6.07) is 15.2. The molecule has 4 rings (SSSR count). The first-order valence-corrected chi connectivity index (χ1v) is 11.5. The summed E-state index contributed by atoms with van der Waals surface area (Å²) in [4.78, 5) is 32.2. The van der Waals surface area contributed by atoms with Crippen LogP contribution >= 0.6 is 11.8 Å². The zero-order valence-electron chi connectivity index (χ0n) is 18.4. The van der Waals surface area contributed by atoms with Crippen LogP contribution in [0.2, 0.25) is 0 Å². The molecule has 33 heavy (non-hydrogen) atoms. The van der Waals surface area contributed by atoms with Crippen LogP contribution in [0, 0.1) is 5.82 Å². The molecule has 8 heteroatoms. The molecule has 2 aromatic rings. The number of aliphatic imine (C=N–C) groups is 1. The summed E-state index contributed by atoms with van der Waals surface area (Å²) in [6.07, 6.45) is 0.117. The number of carbonyl (C=O) groups is 2. The number of allylic oxidation sites excluding steroid dienone is 1. The second kappa shape index (κ2) is 10.0. The SMILES string of the molecule is CCOC(=O)C1=C(C)N=C2SC=C(CC(=O)NCc3ccc(F)cc3)N2[C@@H]1c1ccccc1. The Morgan fingerprint density at radius 2 is 1.88 bits per heavy atom. The number of carbonyl (C=O) groups excluding carboxylic acids is 2. The molecule has 2 aromatic carbocycles. The van der Waals surface area contributed by atoms with Crippen LogP contribution in [-0.4, -0.2) is 28.6 Å². The molecule has 2 aliphatic rings. The average Bonchev–Trinajstić information content (AvgIpc) is 3.20. The van der Waals surface area contributed by atoms with E-state index in [1.165, 1.54) is 23.9 Å². The van der Waals surface area contributed by atoms with Gasteiger partial charge in [-0.3, -0.25) is 4.79 Å². The van der Waals surface area contributed by atoms with Crippen molar-refractivity contribution >= 4 is 28.8 Å². The van der Waals surface area contributed by atoms with Gasteiger partial charge in [-0.1, -0.05) is 54.2 Å². The van der Waals surface area contributed by atoms with Gasteiger partial charge in [0.25, 0.3) is 0 Å². The topological polar surface area (TPSA) is 71.0 Å². The number of esters is 1. The summed E-state index contributed by atoms with van der Waals surface area (Å²) in [5.41, 5.74) is 3.54. The van der Waals surface area contributed by atoms with E-state index in [-0.39, 0.29) is 24.8 Å². The van der Waals surface area contributed by atoms with Crippen molar-refractivity contribution < 1.29 is 18.7 Å². The minimum atomic E-state index is -0.441. The Morgan fingerprint density at radius 1 is 1.15 bits per heavy atom. The Bertz CT molecular complexity index is 1140. The van der Waals surface area contributed by atoms with Crippen molar-refractivity contribution in [3.05, 3.63) is 93.9 Å². The molecule has 0 aliphatic carbocycles. The smallest absolute Gasteiger partial charge is 0.338 e. The van der Waals surface area contributed by atoms with Crippen LogP contribution in [0.1, 0.15) is 37.4 Å². The molecule has 0 saturated heterocycles. The molecule has 170 valence electrons. The van der Waals surface area contributed by atoms with Crippen molar-refractivity contribution in [1.29, 1.82) is 0 Å². The summed E-state index contributed by atoms with van der Waals surface area (Å²) in [5.74, 6) is -0.908. The van der Waals surface area contributed by atoms with Gasteiger partial charge in [0.1, 0.15) is 5.82 Å². The van der Waals surface area contributed by atoms with Crippen molar-refractivity contribution in [1.82, 2.24) is 10.2 Å². The van der Waals surface area contributed by atoms with Crippen molar-refractivity contribution in [2.75, 3.05) is 6.61 Å². The van der Waals surface area contributed by atoms with E-state index in [1.54, 1.807) is 26.0 Å². The Kier molecular flexibility index (Phi) is 6.93. The minimum Gasteiger partial charge on any atom is -0.463 e. The molecule has 2 aliphatic heterocycles. The Labute approximate surface area is 196 Å². The lowest BCUT2D eigenvalue weighted by atomic mass is 9.94. The lowest BCUT2D eigenvalue weighted by molar-refractivity contribution is -0.139. The number of halogens is 1. The third-order valence-electron chi connectivity index (χ3n) is 5.36. The Balaban J connectivity index is 1.57. The van der Waals surface area contributed by atoms with Crippen LogP contribution in [0.5, 0.6) is 0 Å². The molecule has 1 amide bonds. The van der Waals surface area contributed by atoms with Gasteiger partial charge in [0, 0.05) is 12.2 Å². The molecule has 0 radical (unpaired) electrons. The maximum absolute atomic E-state index is 13.1. The number of amidine groups is 1. The molecule has 0 aromatic heterocycles. The molecule has 6 nitrogen and oxygen atoms in total. The molecule has 0 fully saturated rings. The number of rotatable bonds is 7. The van der Waals surface area contributed by atoms with Crippen LogP contribution in [0.25, 0.3) is 0 Å². The fourth-order valence-electron chi connectivity index (χ4n) is 3.82. The van der Waals surface area contributed by atoms with Gasteiger partial charge in [-0.15, -0.1) is 0 Å². The van der Waals surface area contributed by atoms with Gasteiger partial charge in [-0.05, 0) is 42.5 Å². The molecule has 0 bridgehead atoms. The van der Waals surface area contributed by atoms with Gasteiger partial charge < -0.3 is 15.0 Å². The summed E-state index contributed by atoms with van der Waals surface area (Å²) in [6.45, 7) is 4.14. The highest BCUT2D eigenvalue weighted by atomic mass is 32.2. The van der Waals surface area contributed by atoms with Gasteiger partial charge in [-0.25, -0.2) is 14.2 Å². The van der Waals surface area contributed by atoms with E-state index in [1.807, 2.05) is 40.6 Å². The maximum atomic E-state index is 13.1. The second-order valence-corrected chi connectivity index (χ2v) is 8.44. The van der Waals surface area contributed by atoms with Crippen molar-refractivity contribution in [3.63, 3.8) is 0 Å². The van der Waals surface area contributed by atoms with Crippen LogP contribution in [0.15, 0.2) is 82.0 Å². The molecule has 1 N–H and O–H groups in total. The highest BCUT2D eigenvalue weighted by molar-refractivity contribution is 8.16. The molecule has 0 spiro atoms.